The summed E-state index contributed by atoms with van der Waals surface area (Å²) >= 11 is 0. The molecule has 7 nitrogen and oxygen atoms in total. The van der Waals surface area contributed by atoms with Gasteiger partial charge in [-0.15, -0.1) is 0 Å². The Bertz CT molecular complexity index is 1350. The van der Waals surface area contributed by atoms with E-state index in [1.165, 1.54) is 0 Å². The fraction of sp³-hybridized carbons (Fsp3) is 0.440. The molecule has 0 spiro atoms. The van der Waals surface area contributed by atoms with Crippen molar-refractivity contribution in [1.29, 1.82) is 5.26 Å². The molecule has 0 atom stereocenters. The first-order chi connectivity index (χ1) is 16.3. The van der Waals surface area contributed by atoms with Gasteiger partial charge in [0.05, 0.1) is 42.0 Å². The molecule has 176 valence electrons. The maximum absolute atomic E-state index is 13.7. The number of nitriles is 1. The van der Waals surface area contributed by atoms with Crippen LogP contribution in [0.5, 0.6) is 0 Å². The molecule has 0 N–H and O–H groups in total. The van der Waals surface area contributed by atoms with Crippen LogP contribution in [0.15, 0.2) is 35.4 Å². The molecule has 0 bridgehead atoms. The lowest BCUT2D eigenvalue weighted by Gasteiger charge is -2.28. The lowest BCUT2D eigenvalue weighted by atomic mass is 9.87. The van der Waals surface area contributed by atoms with E-state index in [1.54, 1.807) is 10.9 Å². The lowest BCUT2D eigenvalue weighted by Crippen LogP contribution is -2.26. The normalized spacial score (nSPS) is 16.2. The molecule has 4 heterocycles. The van der Waals surface area contributed by atoms with Crippen LogP contribution in [0.25, 0.3) is 33.3 Å². The van der Waals surface area contributed by atoms with Crippen molar-refractivity contribution in [2.75, 3.05) is 0 Å². The van der Waals surface area contributed by atoms with Crippen molar-refractivity contribution < 1.29 is 13.3 Å². The Morgan fingerprint density at radius 3 is 2.68 bits per heavy atom. The highest BCUT2D eigenvalue weighted by atomic mass is 19.3. The maximum atomic E-state index is 13.7. The largest absolute Gasteiger partial charge is 0.361 e. The van der Waals surface area contributed by atoms with Crippen LogP contribution in [0, 0.1) is 31.1 Å². The van der Waals surface area contributed by atoms with Crippen LogP contribution >= 0.6 is 0 Å². The second kappa shape index (κ2) is 8.67. The van der Waals surface area contributed by atoms with Gasteiger partial charge < -0.3 is 9.09 Å². The van der Waals surface area contributed by atoms with E-state index in [0.717, 1.165) is 44.7 Å². The van der Waals surface area contributed by atoms with E-state index in [4.69, 9.17) is 14.8 Å². The monoisotopic (exact) mass is 464 g/mol. The quantitative estimate of drug-likeness (QED) is 0.354. The molecule has 0 aliphatic heterocycles. The zero-order valence-electron chi connectivity index (χ0n) is 19.3. The summed E-state index contributed by atoms with van der Waals surface area (Å²) < 4.78 is 36.7. The van der Waals surface area contributed by atoms with Gasteiger partial charge >= 0.3 is 0 Å². The van der Waals surface area contributed by atoms with E-state index in [-0.39, 0.29) is 18.8 Å². The topological polar surface area (TPSA) is 85.5 Å². The van der Waals surface area contributed by atoms with Crippen LogP contribution in [0.4, 0.5) is 8.78 Å². The molecular formula is C25H26F2N6O. The number of hydrogen-bond donors (Lipinski definition) is 0. The highest BCUT2D eigenvalue weighted by Gasteiger charge is 2.35. The van der Waals surface area contributed by atoms with Crippen LogP contribution in [-0.2, 0) is 13.1 Å². The molecule has 4 aromatic heterocycles. The van der Waals surface area contributed by atoms with Crippen molar-refractivity contribution in [1.82, 2.24) is 24.5 Å². The highest BCUT2D eigenvalue weighted by molar-refractivity contribution is 5.94. The molecular weight excluding hydrogens is 438 g/mol. The summed E-state index contributed by atoms with van der Waals surface area (Å²) in [5, 5.41) is 17.3. The van der Waals surface area contributed by atoms with Crippen LogP contribution in [0.1, 0.15) is 43.6 Å². The van der Waals surface area contributed by atoms with Crippen molar-refractivity contribution in [2.45, 2.75) is 65.0 Å². The molecule has 0 saturated heterocycles. The molecule has 9 heteroatoms. The molecule has 1 aliphatic rings. The lowest BCUT2D eigenvalue weighted by molar-refractivity contribution is -0.0472. The molecule has 0 aromatic carbocycles. The first kappa shape index (κ1) is 22.3. The zero-order valence-corrected chi connectivity index (χ0v) is 19.3. The van der Waals surface area contributed by atoms with E-state index in [2.05, 4.69) is 27.0 Å². The van der Waals surface area contributed by atoms with Gasteiger partial charge in [-0.2, -0.15) is 10.4 Å². The van der Waals surface area contributed by atoms with Crippen molar-refractivity contribution >= 4 is 11.0 Å². The van der Waals surface area contributed by atoms with Crippen LogP contribution in [-0.4, -0.2) is 30.4 Å². The van der Waals surface area contributed by atoms with Gasteiger partial charge in [0.2, 0.25) is 5.92 Å². The molecule has 1 saturated carbocycles. The summed E-state index contributed by atoms with van der Waals surface area (Å²) in [4.78, 5) is 4.80. The minimum absolute atomic E-state index is 0.0576. The van der Waals surface area contributed by atoms with E-state index in [1.807, 2.05) is 32.4 Å². The SMILES string of the molecule is Cc1noc(C)c1-c1cnc2c(-c3cnn(CCC#N)c3)cn(CC3CCC(F)(F)CC3)c2c1. The first-order valence-electron chi connectivity index (χ1n) is 11.5. The molecule has 0 radical (unpaired) electrons. The summed E-state index contributed by atoms with van der Waals surface area (Å²) in [5.41, 5.74) is 6.25. The third kappa shape index (κ3) is 4.20. The summed E-state index contributed by atoms with van der Waals surface area (Å²) in [7, 11) is 0. The Morgan fingerprint density at radius 2 is 1.97 bits per heavy atom. The number of aromatic nitrogens is 5. The fourth-order valence-electron chi connectivity index (χ4n) is 4.91. The van der Waals surface area contributed by atoms with Crippen LogP contribution in [0.2, 0.25) is 0 Å². The summed E-state index contributed by atoms with van der Waals surface area (Å²) in [6.07, 6.45) is 8.85. The van der Waals surface area contributed by atoms with E-state index < -0.39 is 5.92 Å². The Labute approximate surface area is 196 Å². The van der Waals surface area contributed by atoms with Crippen molar-refractivity contribution in [3.05, 3.63) is 42.3 Å². The maximum Gasteiger partial charge on any atom is 0.248 e. The van der Waals surface area contributed by atoms with Gasteiger partial charge in [-0.3, -0.25) is 9.67 Å². The number of pyridine rings is 1. The number of alkyl halides is 2. The summed E-state index contributed by atoms with van der Waals surface area (Å²) in [6.45, 7) is 4.96. The van der Waals surface area contributed by atoms with Gasteiger partial charge in [-0.1, -0.05) is 5.16 Å². The van der Waals surface area contributed by atoms with Crippen LogP contribution < -0.4 is 0 Å². The van der Waals surface area contributed by atoms with Crippen molar-refractivity contribution in [2.24, 2.45) is 5.92 Å². The molecule has 0 unspecified atom stereocenters. The van der Waals surface area contributed by atoms with Gasteiger partial charge in [0.15, 0.2) is 0 Å². The highest BCUT2D eigenvalue weighted by Crippen LogP contribution is 2.39. The molecule has 1 fully saturated rings. The van der Waals surface area contributed by atoms with Crippen molar-refractivity contribution in [3.8, 4) is 28.3 Å². The zero-order chi connectivity index (χ0) is 23.9. The summed E-state index contributed by atoms with van der Waals surface area (Å²) in [6, 6.07) is 4.21. The second-order valence-electron chi connectivity index (χ2n) is 9.19. The third-order valence-corrected chi connectivity index (χ3v) is 6.73. The Hall–Kier alpha value is -3.54. The van der Waals surface area contributed by atoms with Gasteiger partial charge in [0.1, 0.15) is 5.76 Å². The van der Waals surface area contributed by atoms with Crippen molar-refractivity contribution in [3.63, 3.8) is 0 Å². The van der Waals surface area contributed by atoms with Gasteiger partial charge in [-0.25, -0.2) is 8.78 Å². The minimum Gasteiger partial charge on any atom is -0.361 e. The predicted octanol–water partition coefficient (Wildman–Crippen LogP) is 5.91. The Kier molecular flexibility index (Phi) is 5.68. The Morgan fingerprint density at radius 1 is 1.18 bits per heavy atom. The summed E-state index contributed by atoms with van der Waals surface area (Å²) in [5.74, 6) is -1.63. The number of aryl methyl sites for hydroxylation is 3. The Balaban J connectivity index is 1.56. The number of nitrogens with zero attached hydrogens (tertiary/aromatic N) is 6. The van der Waals surface area contributed by atoms with E-state index in [0.29, 0.717) is 32.4 Å². The molecule has 34 heavy (non-hydrogen) atoms. The van der Waals surface area contributed by atoms with E-state index >= 15 is 0 Å². The minimum atomic E-state index is -2.55. The average molecular weight is 465 g/mol. The van der Waals surface area contributed by atoms with Crippen LogP contribution in [0.3, 0.4) is 0 Å². The van der Waals surface area contributed by atoms with Gasteiger partial charge in [0.25, 0.3) is 0 Å². The average Bonchev–Trinajstić information content (AvgIpc) is 3.51. The fourth-order valence-corrected chi connectivity index (χ4v) is 4.91. The molecule has 1 aliphatic carbocycles. The first-order valence-corrected chi connectivity index (χ1v) is 11.5. The molecule has 4 aromatic rings. The van der Waals surface area contributed by atoms with Gasteiger partial charge in [0, 0.05) is 60.2 Å². The third-order valence-electron chi connectivity index (χ3n) is 6.73. The number of hydrogen-bond acceptors (Lipinski definition) is 5. The smallest absolute Gasteiger partial charge is 0.248 e. The number of fused-ring (bicyclic) bond motifs is 1. The number of rotatable bonds is 6. The van der Waals surface area contributed by atoms with E-state index in [9.17, 15) is 8.78 Å². The number of halogens is 2. The predicted molar refractivity (Wildman–Crippen MR) is 123 cm³/mol. The standard InChI is InChI=1S/C25H26F2N6O/c1-16-23(17(2)34-31-16)19-10-22-24(29-11-19)21(20-12-30-33(14-20)9-3-8-28)15-32(22)13-18-4-6-25(26,27)7-5-18/h10-12,14-15,18H,3-7,9,13H2,1-2H3. The molecule has 0 amide bonds. The molecule has 5 rings (SSSR count). The second-order valence-corrected chi connectivity index (χ2v) is 9.19. The van der Waals surface area contributed by atoms with Gasteiger partial charge in [-0.05, 0) is 38.7 Å².